The van der Waals surface area contributed by atoms with Gasteiger partial charge in [0, 0.05) is 26.3 Å². The summed E-state index contributed by atoms with van der Waals surface area (Å²) in [6, 6.07) is 1.69. The van der Waals surface area contributed by atoms with Crippen molar-refractivity contribution in [2.45, 2.75) is 32.5 Å². The fraction of sp³-hybridized carbons (Fsp3) is 0.714. The van der Waals surface area contributed by atoms with Crippen molar-refractivity contribution in [1.82, 2.24) is 10.1 Å². The van der Waals surface area contributed by atoms with E-state index < -0.39 is 0 Å². The Morgan fingerprint density at radius 2 is 2.38 bits per heavy atom. The summed E-state index contributed by atoms with van der Waals surface area (Å²) >= 11 is 0. The predicted molar refractivity (Wildman–Crippen MR) is 77.1 cm³/mol. The number of carbonyl (C=O) groups excluding carboxylic acids is 1. The van der Waals surface area contributed by atoms with E-state index in [1.165, 1.54) is 0 Å². The van der Waals surface area contributed by atoms with Crippen molar-refractivity contribution >= 4 is 11.8 Å². The first-order valence-electron chi connectivity index (χ1n) is 7.00. The van der Waals surface area contributed by atoms with Gasteiger partial charge in [-0.2, -0.15) is 0 Å². The minimum absolute atomic E-state index is 0.0286. The molecule has 2 heterocycles. The molecule has 0 radical (unpaired) electrons. The molecule has 1 aromatic rings. The molecule has 2 rings (SSSR count). The maximum atomic E-state index is 12.1. The lowest BCUT2D eigenvalue weighted by Crippen LogP contribution is -2.55. The number of carbonyl (C=O) groups is 1. The highest BCUT2D eigenvalue weighted by atomic mass is 16.5. The lowest BCUT2D eigenvalue weighted by Gasteiger charge is -2.42. The molecule has 21 heavy (non-hydrogen) atoms. The van der Waals surface area contributed by atoms with Gasteiger partial charge in [0.05, 0.1) is 30.6 Å². The normalized spacial score (nSPS) is 22.2. The number of ether oxygens (including phenoxy) is 2. The summed E-state index contributed by atoms with van der Waals surface area (Å²) in [5, 5.41) is 6.44. The Hall–Kier alpha value is -1.44. The maximum Gasteiger partial charge on any atom is 0.240 e. The van der Waals surface area contributed by atoms with Crippen molar-refractivity contribution in [2.24, 2.45) is 0 Å². The molecule has 1 N–H and O–H groups in total. The number of nitrogens with one attached hydrogen (secondary N) is 1. The van der Waals surface area contributed by atoms with E-state index in [4.69, 9.17) is 14.0 Å². The average Bonchev–Trinajstić information content (AvgIpc) is 2.72. The van der Waals surface area contributed by atoms with Crippen molar-refractivity contribution in [1.29, 1.82) is 0 Å². The van der Waals surface area contributed by atoms with Gasteiger partial charge in [0.1, 0.15) is 0 Å². The van der Waals surface area contributed by atoms with Crippen LogP contribution < -0.4 is 5.32 Å². The van der Waals surface area contributed by atoms with Crippen molar-refractivity contribution in [3.63, 3.8) is 0 Å². The highest BCUT2D eigenvalue weighted by molar-refractivity contribution is 5.90. The summed E-state index contributed by atoms with van der Waals surface area (Å²) in [5.74, 6) is 0.249. The number of aryl methyl sites for hydroxylation is 1. The molecule has 0 aromatic carbocycles. The largest absolute Gasteiger partial charge is 0.382 e. The summed E-state index contributed by atoms with van der Waals surface area (Å²) in [6.07, 6.45) is -0.0286. The fourth-order valence-electron chi connectivity index (χ4n) is 2.61. The van der Waals surface area contributed by atoms with E-state index in [0.717, 1.165) is 5.69 Å². The molecule has 0 aliphatic carbocycles. The van der Waals surface area contributed by atoms with Crippen LogP contribution in [0.2, 0.25) is 0 Å². The van der Waals surface area contributed by atoms with Gasteiger partial charge >= 0.3 is 0 Å². The summed E-state index contributed by atoms with van der Waals surface area (Å²) in [6.45, 7) is 7.99. The Bertz CT molecular complexity index is 486. The van der Waals surface area contributed by atoms with Crippen molar-refractivity contribution in [3.8, 4) is 0 Å². The molecule has 7 nitrogen and oxygen atoms in total. The smallest absolute Gasteiger partial charge is 0.240 e. The van der Waals surface area contributed by atoms with E-state index >= 15 is 0 Å². The van der Waals surface area contributed by atoms with Gasteiger partial charge in [-0.05, 0) is 20.8 Å². The molecular weight excluding hydrogens is 274 g/mol. The van der Waals surface area contributed by atoms with Crippen LogP contribution in [0.25, 0.3) is 0 Å². The van der Waals surface area contributed by atoms with Crippen molar-refractivity contribution < 1.29 is 18.8 Å². The standard InChI is InChI=1S/C14H23N3O4/c1-10-5-13(21-16-10)15-12(18)7-17-6-11(8-19-4)20-14(2,3)9-17/h5,11H,6-9H2,1-4H3,(H,15,18)/t11-/m1/s1. The van der Waals surface area contributed by atoms with Gasteiger partial charge < -0.3 is 14.0 Å². The highest BCUT2D eigenvalue weighted by Gasteiger charge is 2.34. The van der Waals surface area contributed by atoms with Crippen LogP contribution in [0, 0.1) is 6.92 Å². The lowest BCUT2D eigenvalue weighted by atomic mass is 10.1. The Kier molecular flexibility index (Phi) is 4.97. The second-order valence-electron chi connectivity index (χ2n) is 6.01. The number of hydrogen-bond donors (Lipinski definition) is 1. The third-order valence-corrected chi connectivity index (χ3v) is 3.16. The molecule has 1 aliphatic rings. The third kappa shape index (κ3) is 4.80. The quantitative estimate of drug-likeness (QED) is 0.875. The second-order valence-corrected chi connectivity index (χ2v) is 6.01. The molecule has 1 fully saturated rings. The Balaban J connectivity index is 1.89. The molecule has 118 valence electrons. The summed E-state index contributed by atoms with van der Waals surface area (Å²) in [4.78, 5) is 14.1. The molecule has 1 atom stereocenters. The minimum Gasteiger partial charge on any atom is -0.382 e. The SMILES string of the molecule is COC[C@H]1CN(CC(=O)Nc2cc(C)no2)CC(C)(C)O1. The fourth-order valence-corrected chi connectivity index (χ4v) is 2.61. The first-order valence-corrected chi connectivity index (χ1v) is 7.00. The molecule has 0 spiro atoms. The third-order valence-electron chi connectivity index (χ3n) is 3.16. The van der Waals surface area contributed by atoms with Gasteiger partial charge in [-0.1, -0.05) is 5.16 Å². The predicted octanol–water partition coefficient (Wildman–Crippen LogP) is 1.05. The molecular formula is C14H23N3O4. The molecule has 7 heteroatoms. The van der Waals surface area contributed by atoms with Crippen LogP contribution >= 0.6 is 0 Å². The van der Waals surface area contributed by atoms with E-state index in [0.29, 0.717) is 25.6 Å². The van der Waals surface area contributed by atoms with Crippen LogP contribution in [-0.4, -0.2) is 61.0 Å². The first kappa shape index (κ1) is 15.9. The molecule has 1 aliphatic heterocycles. The number of nitrogens with zero attached hydrogens (tertiary/aromatic N) is 2. The Morgan fingerprint density at radius 1 is 1.62 bits per heavy atom. The molecule has 0 unspecified atom stereocenters. The topological polar surface area (TPSA) is 76.8 Å². The monoisotopic (exact) mass is 297 g/mol. The second kappa shape index (κ2) is 6.55. The number of morpholine rings is 1. The van der Waals surface area contributed by atoms with Gasteiger partial charge in [0.2, 0.25) is 11.8 Å². The molecule has 1 saturated heterocycles. The Morgan fingerprint density at radius 3 is 3.00 bits per heavy atom. The zero-order valence-corrected chi connectivity index (χ0v) is 13.0. The van der Waals surface area contributed by atoms with Crippen LogP contribution in [-0.2, 0) is 14.3 Å². The number of amides is 1. The van der Waals surface area contributed by atoms with E-state index in [1.54, 1.807) is 20.1 Å². The van der Waals surface area contributed by atoms with Gasteiger partial charge in [0.15, 0.2) is 0 Å². The summed E-state index contributed by atoms with van der Waals surface area (Å²) < 4.78 is 16.1. The number of aromatic nitrogens is 1. The molecule has 0 bridgehead atoms. The van der Waals surface area contributed by atoms with Crippen molar-refractivity contribution in [3.05, 3.63) is 11.8 Å². The van der Waals surface area contributed by atoms with E-state index in [1.807, 2.05) is 13.8 Å². The Labute approximate surface area is 124 Å². The van der Waals surface area contributed by atoms with Crippen LogP contribution in [0.1, 0.15) is 19.5 Å². The number of anilines is 1. The number of hydrogen-bond acceptors (Lipinski definition) is 6. The van der Waals surface area contributed by atoms with E-state index in [2.05, 4.69) is 15.4 Å². The summed E-state index contributed by atoms with van der Waals surface area (Å²) in [7, 11) is 1.65. The number of methoxy groups -OCH3 is 1. The molecule has 0 saturated carbocycles. The van der Waals surface area contributed by atoms with Crippen LogP contribution in [0.3, 0.4) is 0 Å². The van der Waals surface area contributed by atoms with Gasteiger partial charge in [-0.15, -0.1) is 0 Å². The highest BCUT2D eigenvalue weighted by Crippen LogP contribution is 2.21. The van der Waals surface area contributed by atoms with Crippen LogP contribution in [0.15, 0.2) is 10.6 Å². The van der Waals surface area contributed by atoms with Crippen LogP contribution in [0.5, 0.6) is 0 Å². The van der Waals surface area contributed by atoms with Gasteiger partial charge in [-0.25, -0.2) is 0 Å². The molecule has 1 aromatic heterocycles. The van der Waals surface area contributed by atoms with E-state index in [-0.39, 0.29) is 24.2 Å². The molecule has 1 amide bonds. The van der Waals surface area contributed by atoms with Crippen molar-refractivity contribution in [2.75, 3.05) is 38.7 Å². The zero-order chi connectivity index (χ0) is 15.5. The van der Waals surface area contributed by atoms with Gasteiger partial charge in [0.25, 0.3) is 0 Å². The lowest BCUT2D eigenvalue weighted by molar-refractivity contribution is -0.154. The summed E-state index contributed by atoms with van der Waals surface area (Å²) in [5.41, 5.74) is 0.433. The average molecular weight is 297 g/mol. The minimum atomic E-state index is -0.301. The zero-order valence-electron chi connectivity index (χ0n) is 13.0. The van der Waals surface area contributed by atoms with Crippen LogP contribution in [0.4, 0.5) is 5.88 Å². The number of rotatable bonds is 5. The van der Waals surface area contributed by atoms with Gasteiger partial charge in [-0.3, -0.25) is 15.0 Å². The van der Waals surface area contributed by atoms with E-state index in [9.17, 15) is 4.79 Å². The maximum absolute atomic E-state index is 12.1. The first-order chi connectivity index (χ1) is 9.88.